The first kappa shape index (κ1) is 11.5. The molecule has 0 heterocycles. The van der Waals surface area contributed by atoms with Gasteiger partial charge < -0.3 is 5.73 Å². The van der Waals surface area contributed by atoms with Crippen LogP contribution in [-0.2, 0) is 9.84 Å². The van der Waals surface area contributed by atoms with Gasteiger partial charge in [0.15, 0.2) is 9.84 Å². The molecule has 2 N–H and O–H groups in total. The molecule has 1 fully saturated rings. The third-order valence-corrected chi connectivity index (χ3v) is 4.64. The van der Waals surface area contributed by atoms with E-state index in [1.807, 2.05) is 0 Å². The fraction of sp³-hybridized carbons (Fsp3) is 0.455. The molecule has 3 nitrogen and oxygen atoms in total. The molecule has 0 bridgehead atoms. The van der Waals surface area contributed by atoms with Crippen molar-refractivity contribution >= 4 is 9.84 Å². The summed E-state index contributed by atoms with van der Waals surface area (Å²) in [6, 6.07) is 5.04. The van der Waals surface area contributed by atoms with E-state index in [1.54, 1.807) is 0 Å². The molecule has 1 saturated carbocycles. The van der Waals surface area contributed by atoms with Crippen LogP contribution in [0, 0.1) is 11.7 Å². The second-order valence-corrected chi connectivity index (χ2v) is 6.22. The second-order valence-electron chi connectivity index (χ2n) is 4.21. The molecule has 1 aliphatic rings. The third-order valence-electron chi connectivity index (χ3n) is 2.81. The Morgan fingerprint density at radius 3 is 2.56 bits per heavy atom. The van der Waals surface area contributed by atoms with Gasteiger partial charge >= 0.3 is 0 Å². The van der Waals surface area contributed by atoms with E-state index in [2.05, 4.69) is 0 Å². The smallest absolute Gasteiger partial charge is 0.182 e. The lowest BCUT2D eigenvalue weighted by molar-refractivity contribution is 0.554. The van der Waals surface area contributed by atoms with E-state index >= 15 is 0 Å². The first-order valence-electron chi connectivity index (χ1n) is 5.23. The summed E-state index contributed by atoms with van der Waals surface area (Å²) in [7, 11) is -3.60. The average molecular weight is 243 g/mol. The minimum absolute atomic E-state index is 0.168. The van der Waals surface area contributed by atoms with Crippen LogP contribution in [0.4, 0.5) is 4.39 Å². The summed E-state index contributed by atoms with van der Waals surface area (Å²) in [5, 5.41) is 0. The van der Waals surface area contributed by atoms with Crippen molar-refractivity contribution in [2.24, 2.45) is 11.7 Å². The highest BCUT2D eigenvalue weighted by atomic mass is 32.2. The summed E-state index contributed by atoms with van der Waals surface area (Å²) in [5.74, 6) is -0.578. The van der Waals surface area contributed by atoms with Crippen LogP contribution in [0.15, 0.2) is 29.2 Å². The highest BCUT2D eigenvalue weighted by Gasteiger charge is 2.33. The van der Waals surface area contributed by atoms with Crippen LogP contribution >= 0.6 is 0 Å². The minimum atomic E-state index is -3.60. The molecular formula is C11H14FNO2S. The summed E-state index contributed by atoms with van der Waals surface area (Å²) < 4.78 is 37.1. The third kappa shape index (κ3) is 2.41. The van der Waals surface area contributed by atoms with Crippen LogP contribution in [-0.4, -0.2) is 20.2 Å². The Bertz CT molecular complexity index is 483. The summed E-state index contributed by atoms with van der Waals surface area (Å²) in [5.41, 5.74) is 5.75. The molecule has 1 atom stereocenters. The fourth-order valence-electron chi connectivity index (χ4n) is 1.70. The van der Waals surface area contributed by atoms with Gasteiger partial charge in [0.05, 0.1) is 5.75 Å². The monoisotopic (exact) mass is 243 g/mol. The Morgan fingerprint density at radius 1 is 1.38 bits per heavy atom. The first-order valence-corrected chi connectivity index (χ1v) is 6.89. The molecular weight excluding hydrogens is 229 g/mol. The van der Waals surface area contributed by atoms with Crippen LogP contribution in [0.25, 0.3) is 0 Å². The number of halogens is 1. The predicted octanol–water partition coefficient (Wildman–Crippen LogP) is 1.34. The van der Waals surface area contributed by atoms with E-state index in [9.17, 15) is 12.8 Å². The van der Waals surface area contributed by atoms with Crippen molar-refractivity contribution < 1.29 is 12.8 Å². The van der Waals surface area contributed by atoms with Crippen molar-refractivity contribution in [3.8, 4) is 0 Å². The normalized spacial score (nSPS) is 18.4. The molecule has 88 valence electrons. The average Bonchev–Trinajstić information content (AvgIpc) is 3.00. The molecule has 1 aliphatic carbocycles. The Morgan fingerprint density at radius 2 is 2.00 bits per heavy atom. The van der Waals surface area contributed by atoms with E-state index in [4.69, 9.17) is 5.73 Å². The van der Waals surface area contributed by atoms with Gasteiger partial charge in [-0.15, -0.1) is 0 Å². The lowest BCUT2D eigenvalue weighted by atomic mass is 10.2. The zero-order chi connectivity index (χ0) is 11.8. The number of sulfone groups is 1. The van der Waals surface area contributed by atoms with Gasteiger partial charge in [0, 0.05) is 6.04 Å². The summed E-state index contributed by atoms with van der Waals surface area (Å²) in [4.78, 5) is -0.244. The van der Waals surface area contributed by atoms with Gasteiger partial charge in [-0.05, 0) is 30.9 Å². The van der Waals surface area contributed by atoms with Crippen molar-refractivity contribution in [1.82, 2.24) is 0 Å². The Hall–Kier alpha value is -0.940. The highest BCUT2D eigenvalue weighted by Crippen LogP contribution is 2.32. The van der Waals surface area contributed by atoms with E-state index in [1.165, 1.54) is 18.2 Å². The van der Waals surface area contributed by atoms with Crippen LogP contribution in [0.2, 0.25) is 0 Å². The Balaban J connectivity index is 2.21. The standard InChI is InChI=1S/C11H14FNO2S/c12-9-3-1-2-4-11(9)16(14,15)7-10(13)8-5-6-8/h1-4,8,10H,5-7,13H2. The van der Waals surface area contributed by atoms with Gasteiger partial charge in [-0.1, -0.05) is 12.1 Å². The topological polar surface area (TPSA) is 60.2 Å². The maximum absolute atomic E-state index is 13.3. The van der Waals surface area contributed by atoms with E-state index < -0.39 is 15.7 Å². The highest BCUT2D eigenvalue weighted by molar-refractivity contribution is 7.91. The van der Waals surface area contributed by atoms with Crippen molar-refractivity contribution in [1.29, 1.82) is 0 Å². The zero-order valence-electron chi connectivity index (χ0n) is 8.77. The van der Waals surface area contributed by atoms with Crippen molar-refractivity contribution in [2.45, 2.75) is 23.8 Å². The maximum atomic E-state index is 13.3. The first-order chi connectivity index (χ1) is 7.50. The zero-order valence-corrected chi connectivity index (χ0v) is 9.58. The molecule has 1 aromatic carbocycles. The molecule has 5 heteroatoms. The molecule has 0 saturated heterocycles. The number of rotatable bonds is 4. The number of hydrogen-bond acceptors (Lipinski definition) is 3. The number of hydrogen-bond donors (Lipinski definition) is 1. The van der Waals surface area contributed by atoms with Crippen LogP contribution < -0.4 is 5.73 Å². The lowest BCUT2D eigenvalue weighted by Gasteiger charge is -2.11. The molecule has 2 rings (SSSR count). The Labute approximate surface area is 94.4 Å². The molecule has 0 amide bonds. The van der Waals surface area contributed by atoms with Gasteiger partial charge in [-0.3, -0.25) is 0 Å². The Kier molecular flexibility index (Phi) is 2.99. The molecule has 0 aliphatic heterocycles. The molecule has 0 radical (unpaired) electrons. The molecule has 0 aromatic heterocycles. The largest absolute Gasteiger partial charge is 0.327 e. The van der Waals surface area contributed by atoms with Gasteiger partial charge in [0.1, 0.15) is 10.7 Å². The molecule has 1 unspecified atom stereocenters. The summed E-state index contributed by atoms with van der Waals surface area (Å²) >= 11 is 0. The predicted molar refractivity (Wildman–Crippen MR) is 59.2 cm³/mol. The van der Waals surface area contributed by atoms with Crippen molar-refractivity contribution in [3.05, 3.63) is 30.1 Å². The fourth-order valence-corrected chi connectivity index (χ4v) is 3.31. The molecule has 0 spiro atoms. The maximum Gasteiger partial charge on any atom is 0.182 e. The van der Waals surface area contributed by atoms with Gasteiger partial charge in [0.25, 0.3) is 0 Å². The quantitative estimate of drug-likeness (QED) is 0.868. The molecule has 16 heavy (non-hydrogen) atoms. The van der Waals surface area contributed by atoms with Crippen LogP contribution in [0.1, 0.15) is 12.8 Å². The second kappa shape index (κ2) is 4.14. The lowest BCUT2D eigenvalue weighted by Crippen LogP contribution is -2.31. The van der Waals surface area contributed by atoms with E-state index in [0.29, 0.717) is 5.92 Å². The van der Waals surface area contributed by atoms with Crippen LogP contribution in [0.3, 0.4) is 0 Å². The van der Waals surface area contributed by atoms with Gasteiger partial charge in [0.2, 0.25) is 0 Å². The van der Waals surface area contributed by atoms with Gasteiger partial charge in [-0.2, -0.15) is 0 Å². The van der Waals surface area contributed by atoms with E-state index in [-0.39, 0.29) is 16.7 Å². The van der Waals surface area contributed by atoms with E-state index in [0.717, 1.165) is 18.9 Å². The van der Waals surface area contributed by atoms with Gasteiger partial charge in [-0.25, -0.2) is 12.8 Å². The SMILES string of the molecule is NC(CS(=O)(=O)c1ccccc1F)C1CC1. The number of benzene rings is 1. The number of nitrogens with two attached hydrogens (primary N) is 1. The minimum Gasteiger partial charge on any atom is -0.327 e. The van der Waals surface area contributed by atoms with Crippen molar-refractivity contribution in [3.63, 3.8) is 0 Å². The van der Waals surface area contributed by atoms with Crippen LogP contribution in [0.5, 0.6) is 0 Å². The summed E-state index contributed by atoms with van der Waals surface area (Å²) in [6.07, 6.45) is 1.96. The van der Waals surface area contributed by atoms with Crippen molar-refractivity contribution in [2.75, 3.05) is 5.75 Å². The summed E-state index contributed by atoms with van der Waals surface area (Å²) in [6.45, 7) is 0. The molecule has 1 aromatic rings.